The summed E-state index contributed by atoms with van der Waals surface area (Å²) in [6, 6.07) is 7.76. The minimum atomic E-state index is -0.155. The quantitative estimate of drug-likeness (QED) is 0.687. The molecule has 0 bridgehead atoms. The minimum absolute atomic E-state index is 0.0468. The summed E-state index contributed by atoms with van der Waals surface area (Å²) in [6.45, 7) is 1.98. The highest BCUT2D eigenvalue weighted by atomic mass is 16.2. The van der Waals surface area contributed by atoms with Gasteiger partial charge in [0.05, 0.1) is 6.04 Å². The highest BCUT2D eigenvalue weighted by Gasteiger charge is 2.23. The van der Waals surface area contributed by atoms with Gasteiger partial charge in [-0.1, -0.05) is 24.3 Å². The topological polar surface area (TPSA) is 70.2 Å². The van der Waals surface area contributed by atoms with Crippen LogP contribution in [0.5, 0.6) is 0 Å². The number of carbonyl (C=O) groups is 2. The zero-order chi connectivity index (χ0) is 17.6. The van der Waals surface area contributed by atoms with E-state index in [4.69, 9.17) is 0 Å². The average Bonchev–Trinajstić information content (AvgIpc) is 3.40. The SMILES string of the molecule is C[C@@H](NC(=O)C[C@@H]1C=CCCC1)c1ccc(NC(=O)NC2CC2)cc1. The number of benzene rings is 1. The van der Waals surface area contributed by atoms with Gasteiger partial charge in [-0.25, -0.2) is 4.79 Å². The van der Waals surface area contributed by atoms with Crippen LogP contribution in [-0.2, 0) is 4.79 Å². The van der Waals surface area contributed by atoms with Crippen molar-refractivity contribution in [3.05, 3.63) is 42.0 Å². The predicted molar refractivity (Wildman–Crippen MR) is 99.3 cm³/mol. The largest absolute Gasteiger partial charge is 0.350 e. The predicted octanol–water partition coefficient (Wildman–Crippen LogP) is 3.89. The number of rotatable bonds is 6. The Hall–Kier alpha value is -2.30. The molecule has 0 aliphatic heterocycles. The van der Waals surface area contributed by atoms with E-state index in [1.807, 2.05) is 31.2 Å². The van der Waals surface area contributed by atoms with E-state index in [-0.39, 0.29) is 18.0 Å². The first-order valence-electron chi connectivity index (χ1n) is 9.23. The molecule has 1 saturated carbocycles. The van der Waals surface area contributed by atoms with Gasteiger partial charge >= 0.3 is 6.03 Å². The summed E-state index contributed by atoms with van der Waals surface area (Å²) in [5, 5.41) is 8.79. The molecule has 3 rings (SSSR count). The summed E-state index contributed by atoms with van der Waals surface area (Å²) in [5.41, 5.74) is 1.79. The van der Waals surface area contributed by atoms with Gasteiger partial charge in [0.1, 0.15) is 0 Å². The summed E-state index contributed by atoms with van der Waals surface area (Å²) < 4.78 is 0. The zero-order valence-electron chi connectivity index (χ0n) is 14.8. The van der Waals surface area contributed by atoms with Crippen LogP contribution in [-0.4, -0.2) is 18.0 Å². The number of allylic oxidation sites excluding steroid dienone is 2. The lowest BCUT2D eigenvalue weighted by Crippen LogP contribution is -2.30. The second-order valence-electron chi connectivity index (χ2n) is 7.11. The van der Waals surface area contributed by atoms with Crippen LogP contribution >= 0.6 is 0 Å². The molecule has 0 radical (unpaired) electrons. The van der Waals surface area contributed by atoms with E-state index in [0.717, 1.165) is 36.9 Å². The van der Waals surface area contributed by atoms with E-state index >= 15 is 0 Å². The lowest BCUT2D eigenvalue weighted by Gasteiger charge is -2.19. The number of hydrogen-bond donors (Lipinski definition) is 3. The van der Waals surface area contributed by atoms with Crippen LogP contribution in [0.3, 0.4) is 0 Å². The van der Waals surface area contributed by atoms with Crippen molar-refractivity contribution >= 4 is 17.6 Å². The summed E-state index contributed by atoms with van der Waals surface area (Å²) in [7, 11) is 0. The Morgan fingerprint density at radius 2 is 1.92 bits per heavy atom. The maximum Gasteiger partial charge on any atom is 0.319 e. The van der Waals surface area contributed by atoms with Crippen molar-refractivity contribution in [3.63, 3.8) is 0 Å². The molecule has 5 nitrogen and oxygen atoms in total. The van der Waals surface area contributed by atoms with Gasteiger partial charge < -0.3 is 16.0 Å². The summed E-state index contributed by atoms with van der Waals surface area (Å²) in [5.74, 6) is 0.465. The van der Waals surface area contributed by atoms with Crippen LogP contribution in [0.25, 0.3) is 0 Å². The molecule has 1 aromatic rings. The molecular weight excluding hydrogens is 314 g/mol. The molecule has 2 atom stereocenters. The second kappa shape index (κ2) is 8.19. The monoisotopic (exact) mass is 341 g/mol. The van der Waals surface area contributed by atoms with Gasteiger partial charge in [-0.3, -0.25) is 4.79 Å². The maximum atomic E-state index is 12.2. The Labute approximate surface area is 149 Å². The maximum absolute atomic E-state index is 12.2. The van der Waals surface area contributed by atoms with Crippen molar-refractivity contribution in [2.24, 2.45) is 5.92 Å². The van der Waals surface area contributed by atoms with E-state index in [1.165, 1.54) is 6.42 Å². The number of urea groups is 1. The third-order valence-electron chi connectivity index (χ3n) is 4.76. The first kappa shape index (κ1) is 17.5. The molecule has 1 fully saturated rings. The molecule has 3 N–H and O–H groups in total. The normalized spacial score (nSPS) is 20.6. The second-order valence-corrected chi connectivity index (χ2v) is 7.11. The molecule has 2 aliphatic rings. The smallest absolute Gasteiger partial charge is 0.319 e. The molecule has 3 amide bonds. The number of amides is 3. The summed E-state index contributed by atoms with van der Waals surface area (Å²) in [4.78, 5) is 23.9. The minimum Gasteiger partial charge on any atom is -0.350 e. The van der Waals surface area contributed by atoms with Gasteiger partial charge in [-0.05, 0) is 62.6 Å². The van der Waals surface area contributed by atoms with E-state index in [1.54, 1.807) is 0 Å². The number of carbonyl (C=O) groups excluding carboxylic acids is 2. The van der Waals surface area contributed by atoms with E-state index in [2.05, 4.69) is 28.1 Å². The molecular formula is C20H27N3O2. The average molecular weight is 341 g/mol. The van der Waals surface area contributed by atoms with E-state index in [0.29, 0.717) is 18.4 Å². The first-order valence-corrected chi connectivity index (χ1v) is 9.23. The Morgan fingerprint density at radius 1 is 1.16 bits per heavy atom. The van der Waals surface area contributed by atoms with Crippen LogP contribution in [0.2, 0.25) is 0 Å². The molecule has 0 spiro atoms. The third kappa shape index (κ3) is 5.62. The first-order chi connectivity index (χ1) is 12.1. The molecule has 0 unspecified atom stereocenters. The molecule has 5 heteroatoms. The Morgan fingerprint density at radius 3 is 2.56 bits per heavy atom. The highest BCUT2D eigenvalue weighted by molar-refractivity contribution is 5.89. The fourth-order valence-electron chi connectivity index (χ4n) is 3.11. The number of hydrogen-bond acceptors (Lipinski definition) is 2. The van der Waals surface area contributed by atoms with Crippen LogP contribution in [0.1, 0.15) is 57.1 Å². The van der Waals surface area contributed by atoms with E-state index in [9.17, 15) is 9.59 Å². The van der Waals surface area contributed by atoms with Crippen LogP contribution in [0.4, 0.5) is 10.5 Å². The fraction of sp³-hybridized carbons (Fsp3) is 0.500. The van der Waals surface area contributed by atoms with Gasteiger partial charge in [-0.2, -0.15) is 0 Å². The van der Waals surface area contributed by atoms with Gasteiger partial charge in [0, 0.05) is 18.2 Å². The molecule has 0 aromatic heterocycles. The van der Waals surface area contributed by atoms with Crippen molar-refractivity contribution in [2.45, 2.75) is 57.5 Å². The van der Waals surface area contributed by atoms with Crippen LogP contribution in [0.15, 0.2) is 36.4 Å². The lowest BCUT2D eigenvalue weighted by atomic mass is 9.92. The molecule has 134 valence electrons. The number of nitrogens with one attached hydrogen (secondary N) is 3. The lowest BCUT2D eigenvalue weighted by molar-refractivity contribution is -0.122. The van der Waals surface area contributed by atoms with Gasteiger partial charge in [0.2, 0.25) is 5.91 Å². The van der Waals surface area contributed by atoms with Gasteiger partial charge in [-0.15, -0.1) is 0 Å². The zero-order valence-corrected chi connectivity index (χ0v) is 14.8. The van der Waals surface area contributed by atoms with Gasteiger partial charge in [0.15, 0.2) is 0 Å². The van der Waals surface area contributed by atoms with Crippen molar-refractivity contribution in [1.29, 1.82) is 0 Å². The molecule has 0 heterocycles. The van der Waals surface area contributed by atoms with Crippen molar-refractivity contribution in [3.8, 4) is 0 Å². The molecule has 0 saturated heterocycles. The standard InChI is InChI=1S/C20H27N3O2/c1-14(21-19(24)13-15-5-3-2-4-6-15)16-7-9-17(10-8-16)22-20(25)23-18-11-12-18/h3,5,7-10,14-15,18H,2,4,6,11-13H2,1H3,(H,21,24)(H2,22,23,25)/t14-,15-/m1/s1. The fourth-order valence-corrected chi connectivity index (χ4v) is 3.11. The Kier molecular flexibility index (Phi) is 5.74. The Bertz CT molecular complexity index is 635. The summed E-state index contributed by atoms with van der Waals surface area (Å²) >= 11 is 0. The summed E-state index contributed by atoms with van der Waals surface area (Å²) in [6.07, 6.45) is 10.4. The van der Waals surface area contributed by atoms with Crippen molar-refractivity contribution in [2.75, 3.05) is 5.32 Å². The number of anilines is 1. The van der Waals surface area contributed by atoms with Crippen LogP contribution in [0, 0.1) is 5.92 Å². The molecule has 1 aromatic carbocycles. The van der Waals surface area contributed by atoms with Crippen LogP contribution < -0.4 is 16.0 Å². The third-order valence-corrected chi connectivity index (χ3v) is 4.76. The van der Waals surface area contributed by atoms with E-state index < -0.39 is 0 Å². The molecule has 25 heavy (non-hydrogen) atoms. The van der Waals surface area contributed by atoms with Crippen molar-refractivity contribution < 1.29 is 9.59 Å². The molecule has 2 aliphatic carbocycles. The van der Waals surface area contributed by atoms with Crippen molar-refractivity contribution in [1.82, 2.24) is 10.6 Å². The Balaban J connectivity index is 1.46. The van der Waals surface area contributed by atoms with Gasteiger partial charge in [0.25, 0.3) is 0 Å². The highest BCUT2D eigenvalue weighted by Crippen LogP contribution is 2.22.